The maximum absolute atomic E-state index is 12.0. The second-order valence-electron chi connectivity index (χ2n) is 3.95. The van der Waals surface area contributed by atoms with E-state index in [-0.39, 0.29) is 5.95 Å². The van der Waals surface area contributed by atoms with Gasteiger partial charge in [0.1, 0.15) is 6.54 Å². The number of hydrogen-bond donors (Lipinski definition) is 1. The molecular weight excluding hydrogens is 257 g/mol. The summed E-state index contributed by atoms with van der Waals surface area (Å²) in [6, 6.07) is 1.84. The lowest BCUT2D eigenvalue weighted by molar-refractivity contribution is -0.115. The van der Waals surface area contributed by atoms with Gasteiger partial charge in [0.2, 0.25) is 5.95 Å². The number of nitrogens with one attached hydrogen (secondary N) is 1. The second kappa shape index (κ2) is 5.21. The zero-order valence-electron chi connectivity index (χ0n) is 10.1. The Balaban J connectivity index is 2.13. The van der Waals surface area contributed by atoms with E-state index in [1.54, 1.807) is 12.4 Å². The third-order valence-electron chi connectivity index (χ3n) is 2.45. The van der Waals surface area contributed by atoms with Crippen molar-refractivity contribution in [3.05, 3.63) is 36.4 Å². The van der Waals surface area contributed by atoms with E-state index in [2.05, 4.69) is 20.3 Å². The Morgan fingerprint density at radius 2 is 1.84 bits per heavy atom. The van der Waals surface area contributed by atoms with Crippen LogP contribution in [0.3, 0.4) is 0 Å². The van der Waals surface area contributed by atoms with Crippen LogP contribution in [0, 0.1) is 6.92 Å². The molecule has 0 aliphatic rings. The van der Waals surface area contributed by atoms with E-state index in [1.807, 2.05) is 13.0 Å². The van der Waals surface area contributed by atoms with Crippen molar-refractivity contribution in [2.24, 2.45) is 0 Å². The summed E-state index contributed by atoms with van der Waals surface area (Å²) in [5.41, 5.74) is 2.56. The Kier molecular flexibility index (Phi) is 3.64. The molecular formula is C12H11F3N4. The summed E-state index contributed by atoms with van der Waals surface area (Å²) in [5, 5.41) is 2.12. The van der Waals surface area contributed by atoms with Crippen LogP contribution in [0.5, 0.6) is 0 Å². The summed E-state index contributed by atoms with van der Waals surface area (Å²) in [6.45, 7) is 0.755. The molecule has 0 amide bonds. The van der Waals surface area contributed by atoms with Crippen LogP contribution in [-0.4, -0.2) is 27.7 Å². The van der Waals surface area contributed by atoms with Gasteiger partial charge in [-0.15, -0.1) is 0 Å². The lowest BCUT2D eigenvalue weighted by atomic mass is 10.1. The molecule has 0 radical (unpaired) electrons. The first-order valence-corrected chi connectivity index (χ1v) is 5.49. The van der Waals surface area contributed by atoms with Crippen molar-refractivity contribution in [1.29, 1.82) is 0 Å². The van der Waals surface area contributed by atoms with Crippen molar-refractivity contribution < 1.29 is 13.2 Å². The largest absolute Gasteiger partial charge is 0.405 e. The van der Waals surface area contributed by atoms with E-state index in [0.29, 0.717) is 5.56 Å². The van der Waals surface area contributed by atoms with Crippen molar-refractivity contribution in [1.82, 2.24) is 15.0 Å². The Morgan fingerprint density at radius 3 is 2.42 bits per heavy atom. The first-order chi connectivity index (χ1) is 8.96. The molecule has 2 rings (SSSR count). The van der Waals surface area contributed by atoms with Crippen molar-refractivity contribution in [2.75, 3.05) is 11.9 Å². The van der Waals surface area contributed by atoms with E-state index in [1.165, 1.54) is 12.4 Å². The third-order valence-corrected chi connectivity index (χ3v) is 2.45. The summed E-state index contributed by atoms with van der Waals surface area (Å²) in [4.78, 5) is 11.7. The predicted octanol–water partition coefficient (Wildman–Crippen LogP) is 2.82. The van der Waals surface area contributed by atoms with Crippen LogP contribution in [0.1, 0.15) is 5.56 Å². The number of aryl methyl sites for hydroxylation is 1. The number of hydrogen-bond acceptors (Lipinski definition) is 4. The quantitative estimate of drug-likeness (QED) is 0.930. The van der Waals surface area contributed by atoms with Crippen LogP contribution in [0.2, 0.25) is 0 Å². The molecule has 0 atom stereocenters. The minimum atomic E-state index is -4.29. The molecule has 0 aliphatic heterocycles. The number of alkyl halides is 3. The van der Waals surface area contributed by atoms with Crippen LogP contribution < -0.4 is 5.32 Å². The summed E-state index contributed by atoms with van der Waals surface area (Å²) < 4.78 is 36.0. The molecule has 2 heterocycles. The van der Waals surface area contributed by atoms with Gasteiger partial charge >= 0.3 is 6.18 Å². The Bertz CT molecular complexity index is 552. The average Bonchev–Trinajstić information content (AvgIpc) is 2.37. The molecule has 1 N–H and O–H groups in total. The minimum absolute atomic E-state index is 0.0531. The maximum Gasteiger partial charge on any atom is 0.405 e. The Labute approximate surface area is 107 Å². The highest BCUT2D eigenvalue weighted by Gasteiger charge is 2.26. The third kappa shape index (κ3) is 3.64. The van der Waals surface area contributed by atoms with Gasteiger partial charge in [-0.1, -0.05) is 0 Å². The number of rotatable bonds is 3. The lowest BCUT2D eigenvalue weighted by Crippen LogP contribution is -2.22. The van der Waals surface area contributed by atoms with Crippen LogP contribution in [-0.2, 0) is 0 Å². The molecule has 0 unspecified atom stereocenters. The van der Waals surface area contributed by atoms with Gasteiger partial charge in [-0.05, 0) is 18.6 Å². The molecule has 100 valence electrons. The van der Waals surface area contributed by atoms with Crippen LogP contribution >= 0.6 is 0 Å². The zero-order valence-corrected chi connectivity index (χ0v) is 10.1. The van der Waals surface area contributed by atoms with Crippen LogP contribution in [0.4, 0.5) is 19.1 Å². The summed E-state index contributed by atoms with van der Waals surface area (Å²) in [6.07, 6.45) is 1.98. The van der Waals surface area contributed by atoms with Gasteiger partial charge in [0, 0.05) is 35.9 Å². The fourth-order valence-electron chi connectivity index (χ4n) is 1.50. The molecule has 0 aliphatic carbocycles. The highest BCUT2D eigenvalue weighted by atomic mass is 19.4. The summed E-state index contributed by atoms with van der Waals surface area (Å²) >= 11 is 0. The summed E-state index contributed by atoms with van der Waals surface area (Å²) in [7, 11) is 0. The molecule has 7 heteroatoms. The van der Waals surface area contributed by atoms with E-state index in [0.717, 1.165) is 11.1 Å². The van der Waals surface area contributed by atoms with Gasteiger partial charge in [0.15, 0.2) is 0 Å². The zero-order chi connectivity index (χ0) is 13.9. The molecule has 4 nitrogen and oxygen atoms in total. The van der Waals surface area contributed by atoms with Crippen molar-refractivity contribution in [3.63, 3.8) is 0 Å². The number of nitrogens with zero attached hydrogens (tertiary/aromatic N) is 3. The van der Waals surface area contributed by atoms with E-state index < -0.39 is 12.7 Å². The molecule has 0 bridgehead atoms. The SMILES string of the molecule is Cc1ccncc1-c1cnc(NCC(F)(F)F)nc1. The standard InChI is InChI=1S/C12H11F3N4/c1-8-2-3-16-6-10(8)9-4-17-11(18-5-9)19-7-12(13,14)15/h2-6H,7H2,1H3,(H,17,18,19). The molecule has 19 heavy (non-hydrogen) atoms. The molecule has 0 aromatic carbocycles. The van der Waals surface area contributed by atoms with Crippen molar-refractivity contribution in [2.45, 2.75) is 13.1 Å². The fourth-order valence-corrected chi connectivity index (χ4v) is 1.50. The highest BCUT2D eigenvalue weighted by molar-refractivity contribution is 5.64. The topological polar surface area (TPSA) is 50.7 Å². The molecule has 0 saturated heterocycles. The van der Waals surface area contributed by atoms with Crippen molar-refractivity contribution >= 4 is 5.95 Å². The van der Waals surface area contributed by atoms with Crippen LogP contribution in [0.25, 0.3) is 11.1 Å². The monoisotopic (exact) mass is 268 g/mol. The maximum atomic E-state index is 12.0. The van der Waals surface area contributed by atoms with Crippen LogP contribution in [0.15, 0.2) is 30.9 Å². The highest BCUT2D eigenvalue weighted by Crippen LogP contribution is 2.21. The Hall–Kier alpha value is -2.18. The fraction of sp³-hybridized carbons (Fsp3) is 0.250. The summed E-state index contributed by atoms with van der Waals surface area (Å²) in [5.74, 6) is -0.0531. The Morgan fingerprint density at radius 1 is 1.16 bits per heavy atom. The second-order valence-corrected chi connectivity index (χ2v) is 3.95. The first-order valence-electron chi connectivity index (χ1n) is 5.49. The minimum Gasteiger partial charge on any atom is -0.345 e. The first kappa shape index (κ1) is 13.3. The van der Waals surface area contributed by atoms with E-state index in [9.17, 15) is 13.2 Å². The smallest absolute Gasteiger partial charge is 0.345 e. The predicted molar refractivity (Wildman–Crippen MR) is 64.5 cm³/mol. The molecule has 0 spiro atoms. The number of anilines is 1. The lowest BCUT2D eigenvalue weighted by Gasteiger charge is -2.08. The molecule has 2 aromatic heterocycles. The average molecular weight is 268 g/mol. The van der Waals surface area contributed by atoms with Gasteiger partial charge in [0.25, 0.3) is 0 Å². The number of pyridine rings is 1. The van der Waals surface area contributed by atoms with Gasteiger partial charge in [-0.25, -0.2) is 9.97 Å². The van der Waals surface area contributed by atoms with Gasteiger partial charge in [0.05, 0.1) is 0 Å². The molecule has 0 fully saturated rings. The number of halogens is 3. The number of aromatic nitrogens is 3. The van der Waals surface area contributed by atoms with E-state index in [4.69, 9.17) is 0 Å². The van der Waals surface area contributed by atoms with Gasteiger partial charge in [-0.3, -0.25) is 4.98 Å². The van der Waals surface area contributed by atoms with Crippen molar-refractivity contribution in [3.8, 4) is 11.1 Å². The van der Waals surface area contributed by atoms with Gasteiger partial charge < -0.3 is 5.32 Å². The van der Waals surface area contributed by atoms with Gasteiger partial charge in [-0.2, -0.15) is 13.2 Å². The van der Waals surface area contributed by atoms with E-state index >= 15 is 0 Å². The molecule has 0 saturated carbocycles. The molecule has 2 aromatic rings. The normalized spacial score (nSPS) is 11.4.